The SMILES string of the molecule is CCCCOP(=O)(OCCCC)C1(NS(=O)(=O)c2ccc(C)cc2)C=CC(=O)c2ccccc21. The van der Waals surface area contributed by atoms with Crippen LogP contribution >= 0.6 is 7.60 Å². The zero-order valence-corrected chi connectivity index (χ0v) is 21.5. The third-order valence-corrected chi connectivity index (χ3v) is 9.70. The second-order valence-electron chi connectivity index (χ2n) is 8.30. The minimum Gasteiger partial charge on any atom is -0.307 e. The van der Waals surface area contributed by atoms with Gasteiger partial charge in [0, 0.05) is 11.1 Å². The van der Waals surface area contributed by atoms with Crippen LogP contribution in [-0.2, 0) is 28.9 Å². The molecule has 0 spiro atoms. The molecule has 0 aromatic heterocycles. The topological polar surface area (TPSA) is 98.8 Å². The molecule has 3 rings (SSSR count). The first-order valence-corrected chi connectivity index (χ1v) is 14.5. The van der Waals surface area contributed by atoms with Crippen molar-refractivity contribution in [1.29, 1.82) is 0 Å². The number of allylic oxidation sites excluding steroid dienone is 1. The highest BCUT2D eigenvalue weighted by molar-refractivity contribution is 7.90. The van der Waals surface area contributed by atoms with E-state index >= 15 is 0 Å². The molecule has 0 heterocycles. The van der Waals surface area contributed by atoms with E-state index < -0.39 is 22.9 Å². The van der Waals surface area contributed by atoms with Crippen molar-refractivity contribution in [3.63, 3.8) is 0 Å². The van der Waals surface area contributed by atoms with Gasteiger partial charge >= 0.3 is 7.60 Å². The molecule has 1 aliphatic rings. The van der Waals surface area contributed by atoms with Crippen LogP contribution in [0.4, 0.5) is 0 Å². The van der Waals surface area contributed by atoms with E-state index in [0.29, 0.717) is 12.8 Å². The lowest BCUT2D eigenvalue weighted by Gasteiger charge is -2.40. The monoisotopic (exact) mass is 505 g/mol. The molecule has 1 N–H and O–H groups in total. The van der Waals surface area contributed by atoms with Gasteiger partial charge in [-0.2, -0.15) is 4.72 Å². The molecule has 9 heteroatoms. The van der Waals surface area contributed by atoms with Crippen LogP contribution in [0.15, 0.2) is 65.6 Å². The number of hydrogen-bond donors (Lipinski definition) is 1. The van der Waals surface area contributed by atoms with Gasteiger partial charge in [0.25, 0.3) is 0 Å². The quantitative estimate of drug-likeness (QED) is 0.293. The molecule has 2 aromatic rings. The van der Waals surface area contributed by atoms with E-state index in [0.717, 1.165) is 18.4 Å². The van der Waals surface area contributed by atoms with E-state index in [-0.39, 0.29) is 35.0 Å². The molecule has 0 saturated carbocycles. The molecule has 34 heavy (non-hydrogen) atoms. The van der Waals surface area contributed by atoms with Crippen LogP contribution in [0.1, 0.15) is 61.0 Å². The number of aryl methyl sites for hydroxylation is 1. The van der Waals surface area contributed by atoms with Crippen molar-refractivity contribution in [2.24, 2.45) is 0 Å². The first-order chi connectivity index (χ1) is 16.2. The van der Waals surface area contributed by atoms with Crippen LogP contribution in [0.3, 0.4) is 0 Å². The standard InChI is InChI=1S/C25H32NO6PS/c1-4-6-18-31-33(28,32-19-7-5-2)25(17-16-24(27)22-10-8-9-11-23(22)25)26-34(29,30)21-14-12-20(3)13-15-21/h8-17,26H,4-7,18-19H2,1-3H3. The second-order valence-corrected chi connectivity index (χ2v) is 12.2. The van der Waals surface area contributed by atoms with Crippen LogP contribution in [0, 0.1) is 6.92 Å². The lowest BCUT2D eigenvalue weighted by atomic mass is 9.92. The van der Waals surface area contributed by atoms with Crippen molar-refractivity contribution in [2.45, 2.75) is 56.6 Å². The molecule has 0 radical (unpaired) electrons. The van der Waals surface area contributed by atoms with Crippen molar-refractivity contribution in [3.05, 3.63) is 77.4 Å². The summed E-state index contributed by atoms with van der Waals surface area (Å²) in [6, 6.07) is 12.9. The number of nitrogens with one attached hydrogen (secondary N) is 1. The summed E-state index contributed by atoms with van der Waals surface area (Å²) < 4.78 is 56.1. The van der Waals surface area contributed by atoms with Gasteiger partial charge in [0.1, 0.15) is 0 Å². The number of rotatable bonds is 12. The average Bonchev–Trinajstić information content (AvgIpc) is 2.82. The van der Waals surface area contributed by atoms with E-state index in [4.69, 9.17) is 9.05 Å². The number of benzene rings is 2. The molecule has 0 amide bonds. The van der Waals surface area contributed by atoms with Crippen LogP contribution < -0.4 is 4.72 Å². The molecule has 184 valence electrons. The van der Waals surface area contributed by atoms with Gasteiger partial charge in [-0.15, -0.1) is 0 Å². The lowest BCUT2D eigenvalue weighted by molar-refractivity contribution is 0.104. The van der Waals surface area contributed by atoms with E-state index in [1.807, 2.05) is 20.8 Å². The van der Waals surface area contributed by atoms with Gasteiger partial charge in [0.15, 0.2) is 11.1 Å². The fourth-order valence-corrected chi connectivity index (χ4v) is 7.65. The molecule has 0 saturated heterocycles. The highest BCUT2D eigenvalue weighted by atomic mass is 32.2. The van der Waals surface area contributed by atoms with E-state index in [1.165, 1.54) is 24.3 Å². The van der Waals surface area contributed by atoms with Crippen LogP contribution in [0.5, 0.6) is 0 Å². The Kier molecular flexibility index (Phi) is 8.66. The Balaban J connectivity index is 2.21. The molecular weight excluding hydrogens is 473 g/mol. The highest BCUT2D eigenvalue weighted by Crippen LogP contribution is 2.66. The molecule has 1 aliphatic carbocycles. The predicted molar refractivity (Wildman–Crippen MR) is 132 cm³/mol. The van der Waals surface area contributed by atoms with Crippen molar-refractivity contribution in [2.75, 3.05) is 13.2 Å². The summed E-state index contributed by atoms with van der Waals surface area (Å²) in [5, 5.41) is -1.90. The van der Waals surface area contributed by atoms with Crippen LogP contribution in [0.25, 0.3) is 0 Å². The Hall–Kier alpha value is -2.09. The Morgan fingerprint density at radius 3 is 2.12 bits per heavy atom. The van der Waals surface area contributed by atoms with Crippen molar-refractivity contribution in [1.82, 2.24) is 4.72 Å². The van der Waals surface area contributed by atoms with Gasteiger partial charge in [-0.05, 0) is 44.1 Å². The lowest BCUT2D eigenvalue weighted by Crippen LogP contribution is -2.47. The summed E-state index contributed by atoms with van der Waals surface area (Å²) in [6.45, 7) is 6.04. The Labute approximate surface area is 202 Å². The maximum absolute atomic E-state index is 14.5. The molecule has 7 nitrogen and oxygen atoms in total. The number of fused-ring (bicyclic) bond motifs is 1. The molecule has 0 aliphatic heterocycles. The van der Waals surface area contributed by atoms with Gasteiger partial charge in [0.05, 0.1) is 18.1 Å². The Morgan fingerprint density at radius 2 is 1.53 bits per heavy atom. The molecule has 0 bridgehead atoms. The van der Waals surface area contributed by atoms with Crippen LogP contribution in [-0.4, -0.2) is 27.4 Å². The summed E-state index contributed by atoms with van der Waals surface area (Å²) >= 11 is 0. The zero-order valence-electron chi connectivity index (χ0n) is 19.8. The minimum atomic E-state index is -4.20. The number of ketones is 1. The van der Waals surface area contributed by atoms with Crippen molar-refractivity contribution in [3.8, 4) is 0 Å². The molecule has 2 aromatic carbocycles. The fourth-order valence-electron chi connectivity index (χ4n) is 3.67. The van der Waals surface area contributed by atoms with Gasteiger partial charge in [-0.1, -0.05) is 68.7 Å². The van der Waals surface area contributed by atoms with E-state index in [1.54, 1.807) is 36.4 Å². The normalized spacial score (nSPS) is 18.1. The number of unbranched alkanes of at least 4 members (excludes halogenated alkanes) is 2. The maximum atomic E-state index is 14.5. The Morgan fingerprint density at radius 1 is 0.941 bits per heavy atom. The first-order valence-electron chi connectivity index (χ1n) is 11.5. The second kappa shape index (κ2) is 11.1. The largest absolute Gasteiger partial charge is 0.360 e. The summed E-state index contributed by atoms with van der Waals surface area (Å²) in [6.07, 6.45) is 5.38. The summed E-state index contributed by atoms with van der Waals surface area (Å²) in [5.74, 6) is -0.311. The summed E-state index contributed by atoms with van der Waals surface area (Å²) in [5.41, 5.74) is 1.39. The number of carbonyl (C=O) groups is 1. The van der Waals surface area contributed by atoms with Crippen molar-refractivity contribution < 1.29 is 26.8 Å². The van der Waals surface area contributed by atoms with Gasteiger partial charge in [-0.25, -0.2) is 8.42 Å². The third-order valence-electron chi connectivity index (χ3n) is 5.65. The van der Waals surface area contributed by atoms with E-state index in [2.05, 4.69) is 4.72 Å². The van der Waals surface area contributed by atoms with Gasteiger partial charge in [-0.3, -0.25) is 9.36 Å². The summed E-state index contributed by atoms with van der Waals surface area (Å²) in [7, 11) is -8.38. The predicted octanol–water partition coefficient (Wildman–Crippen LogP) is 5.71. The summed E-state index contributed by atoms with van der Waals surface area (Å²) in [4.78, 5) is 12.7. The van der Waals surface area contributed by atoms with Gasteiger partial charge in [0.2, 0.25) is 10.0 Å². The smallest absolute Gasteiger partial charge is 0.307 e. The van der Waals surface area contributed by atoms with Crippen molar-refractivity contribution >= 4 is 23.4 Å². The van der Waals surface area contributed by atoms with Crippen LogP contribution in [0.2, 0.25) is 0 Å². The highest BCUT2D eigenvalue weighted by Gasteiger charge is 2.56. The third kappa shape index (κ3) is 5.42. The fraction of sp³-hybridized carbons (Fsp3) is 0.400. The minimum absolute atomic E-state index is 0.00826. The molecule has 0 fully saturated rings. The zero-order chi connectivity index (χ0) is 24.8. The number of carbonyl (C=O) groups excluding carboxylic acids is 1. The molecule has 1 unspecified atom stereocenters. The van der Waals surface area contributed by atoms with Gasteiger partial charge < -0.3 is 9.05 Å². The average molecular weight is 506 g/mol. The first kappa shape index (κ1) is 26.5. The Bertz CT molecular complexity index is 1180. The maximum Gasteiger partial charge on any atom is 0.360 e. The van der Waals surface area contributed by atoms with E-state index in [9.17, 15) is 17.8 Å². The number of hydrogen-bond acceptors (Lipinski definition) is 6. The molecule has 1 atom stereocenters. The number of sulfonamides is 1. The molecular formula is C25H32NO6PS.